The third-order valence-electron chi connectivity index (χ3n) is 4.66. The van der Waals surface area contributed by atoms with Crippen LogP contribution in [0.3, 0.4) is 0 Å². The number of hydrogen-bond donors (Lipinski definition) is 0. The predicted octanol–water partition coefficient (Wildman–Crippen LogP) is 3.13. The van der Waals surface area contributed by atoms with Gasteiger partial charge in [0.25, 0.3) is 5.91 Å². The molecule has 2 fully saturated rings. The van der Waals surface area contributed by atoms with Gasteiger partial charge < -0.3 is 13.9 Å². The van der Waals surface area contributed by atoms with E-state index in [1.165, 1.54) is 0 Å². The fourth-order valence-corrected chi connectivity index (χ4v) is 3.37. The molecule has 22 heavy (non-hydrogen) atoms. The highest BCUT2D eigenvalue weighted by atomic mass is 16.5. The van der Waals surface area contributed by atoms with Crippen LogP contribution in [0.25, 0.3) is 0 Å². The fourth-order valence-electron chi connectivity index (χ4n) is 3.37. The summed E-state index contributed by atoms with van der Waals surface area (Å²) in [6.45, 7) is 4.56. The second kappa shape index (κ2) is 4.97. The summed E-state index contributed by atoms with van der Waals surface area (Å²) in [5.74, 6) is 2.04. The monoisotopic (exact) mass is 301 g/mol. The van der Waals surface area contributed by atoms with Gasteiger partial charge in [-0.3, -0.25) is 4.79 Å². The summed E-state index contributed by atoms with van der Waals surface area (Å²) >= 11 is 0. The van der Waals surface area contributed by atoms with E-state index in [-0.39, 0.29) is 11.9 Å². The minimum Gasteiger partial charge on any atom is -0.361 e. The van der Waals surface area contributed by atoms with Gasteiger partial charge in [0.15, 0.2) is 5.69 Å². The Morgan fingerprint density at radius 1 is 1.23 bits per heavy atom. The second-order valence-corrected chi connectivity index (χ2v) is 6.28. The predicted molar refractivity (Wildman–Crippen MR) is 77.5 cm³/mol. The molecule has 6 heteroatoms. The molecule has 2 aromatic heterocycles. The van der Waals surface area contributed by atoms with E-state index in [0.29, 0.717) is 11.6 Å². The fraction of sp³-hybridized carbons (Fsp3) is 0.562. The van der Waals surface area contributed by atoms with Gasteiger partial charge in [0.1, 0.15) is 11.5 Å². The Labute approximate surface area is 128 Å². The van der Waals surface area contributed by atoms with Gasteiger partial charge in [-0.2, -0.15) is 0 Å². The minimum absolute atomic E-state index is 0.0276. The molecule has 0 aromatic carbocycles. The van der Waals surface area contributed by atoms with Crippen molar-refractivity contribution in [3.05, 3.63) is 34.5 Å². The molecule has 0 unspecified atom stereocenters. The molecular formula is C16H19N3O3. The first-order valence-corrected chi connectivity index (χ1v) is 7.85. The number of rotatable bonds is 3. The van der Waals surface area contributed by atoms with Crippen molar-refractivity contribution in [3.8, 4) is 0 Å². The average molecular weight is 301 g/mol. The first-order valence-electron chi connectivity index (χ1n) is 7.85. The Bertz CT molecular complexity index is 695. The number of likely N-dealkylation sites (tertiary alicyclic amines) is 1. The van der Waals surface area contributed by atoms with Crippen LogP contribution in [0.2, 0.25) is 0 Å². The Morgan fingerprint density at radius 3 is 2.73 bits per heavy atom. The summed E-state index contributed by atoms with van der Waals surface area (Å²) in [4.78, 5) is 14.7. The Hall–Kier alpha value is -2.11. The van der Waals surface area contributed by atoms with Gasteiger partial charge in [-0.05, 0) is 39.5 Å². The van der Waals surface area contributed by atoms with E-state index in [2.05, 4.69) is 10.3 Å². The van der Waals surface area contributed by atoms with Gasteiger partial charge in [-0.1, -0.05) is 10.3 Å². The van der Waals surface area contributed by atoms with Crippen LogP contribution in [0.1, 0.15) is 70.9 Å². The molecule has 3 heterocycles. The molecule has 1 aliphatic heterocycles. The first-order chi connectivity index (χ1) is 10.6. The van der Waals surface area contributed by atoms with E-state index in [9.17, 15) is 4.79 Å². The van der Waals surface area contributed by atoms with E-state index in [4.69, 9.17) is 9.05 Å². The zero-order chi connectivity index (χ0) is 15.3. The van der Waals surface area contributed by atoms with Crippen molar-refractivity contribution in [3.63, 3.8) is 0 Å². The normalized spacial score (nSPS) is 21.5. The average Bonchev–Trinajstić information content (AvgIpc) is 2.93. The van der Waals surface area contributed by atoms with Crippen molar-refractivity contribution >= 4 is 5.91 Å². The number of amides is 1. The van der Waals surface area contributed by atoms with Crippen LogP contribution in [0.15, 0.2) is 15.1 Å². The van der Waals surface area contributed by atoms with E-state index in [0.717, 1.165) is 55.0 Å². The smallest absolute Gasteiger partial charge is 0.276 e. The number of hydrogen-bond acceptors (Lipinski definition) is 5. The lowest BCUT2D eigenvalue weighted by Crippen LogP contribution is -2.31. The maximum Gasteiger partial charge on any atom is 0.276 e. The zero-order valence-corrected chi connectivity index (χ0v) is 12.8. The highest BCUT2D eigenvalue weighted by molar-refractivity contribution is 5.92. The Morgan fingerprint density at radius 2 is 2.05 bits per heavy atom. The number of nitrogens with zero attached hydrogens (tertiary/aromatic N) is 3. The van der Waals surface area contributed by atoms with Crippen molar-refractivity contribution in [2.45, 2.75) is 51.5 Å². The molecule has 1 amide bonds. The van der Waals surface area contributed by atoms with Crippen LogP contribution in [-0.4, -0.2) is 27.7 Å². The van der Waals surface area contributed by atoms with Crippen molar-refractivity contribution in [1.82, 2.24) is 15.2 Å². The maximum absolute atomic E-state index is 12.8. The van der Waals surface area contributed by atoms with Crippen LogP contribution in [0, 0.1) is 13.8 Å². The zero-order valence-electron chi connectivity index (χ0n) is 12.8. The van der Waals surface area contributed by atoms with Gasteiger partial charge >= 0.3 is 0 Å². The van der Waals surface area contributed by atoms with Crippen molar-refractivity contribution in [2.75, 3.05) is 6.54 Å². The van der Waals surface area contributed by atoms with E-state index in [1.54, 1.807) is 0 Å². The minimum atomic E-state index is -0.0573. The molecule has 1 atom stereocenters. The molecule has 0 spiro atoms. The molecule has 0 N–H and O–H groups in total. The van der Waals surface area contributed by atoms with Crippen LogP contribution in [0.4, 0.5) is 0 Å². The van der Waals surface area contributed by atoms with Crippen molar-refractivity contribution in [2.24, 2.45) is 0 Å². The number of aromatic nitrogens is 2. The van der Waals surface area contributed by atoms with E-state index in [1.807, 2.05) is 24.8 Å². The van der Waals surface area contributed by atoms with Crippen LogP contribution < -0.4 is 0 Å². The highest BCUT2D eigenvalue weighted by Crippen LogP contribution is 2.41. The molecule has 1 saturated carbocycles. The Kier molecular flexibility index (Phi) is 3.06. The van der Waals surface area contributed by atoms with Crippen molar-refractivity contribution < 1.29 is 13.8 Å². The topological polar surface area (TPSA) is 72.4 Å². The molecule has 1 saturated heterocycles. The lowest BCUT2D eigenvalue weighted by molar-refractivity contribution is 0.0724. The maximum atomic E-state index is 12.8. The lowest BCUT2D eigenvalue weighted by atomic mass is 10.0. The third-order valence-corrected chi connectivity index (χ3v) is 4.66. The summed E-state index contributed by atoms with van der Waals surface area (Å²) in [5.41, 5.74) is 2.32. The summed E-state index contributed by atoms with van der Waals surface area (Å²) in [6.07, 6.45) is 4.18. The van der Waals surface area contributed by atoms with Crippen LogP contribution >= 0.6 is 0 Å². The van der Waals surface area contributed by atoms with E-state index >= 15 is 0 Å². The summed E-state index contributed by atoms with van der Waals surface area (Å²) in [7, 11) is 0. The van der Waals surface area contributed by atoms with Gasteiger partial charge in [-0.25, -0.2) is 0 Å². The molecule has 0 radical (unpaired) electrons. The van der Waals surface area contributed by atoms with E-state index < -0.39 is 0 Å². The third kappa shape index (κ3) is 2.14. The summed E-state index contributed by atoms with van der Waals surface area (Å²) < 4.78 is 10.6. The largest absolute Gasteiger partial charge is 0.361 e. The quantitative estimate of drug-likeness (QED) is 0.871. The SMILES string of the molecule is Cc1noc(C)c1[C@H]1CCCN1C(=O)c1cc(C2CC2)on1. The highest BCUT2D eigenvalue weighted by Gasteiger charge is 2.36. The molecular weight excluding hydrogens is 282 g/mol. The van der Waals surface area contributed by atoms with Gasteiger partial charge in [0, 0.05) is 24.1 Å². The van der Waals surface area contributed by atoms with Gasteiger partial charge in [0.2, 0.25) is 0 Å². The second-order valence-electron chi connectivity index (χ2n) is 6.28. The summed E-state index contributed by atoms with van der Waals surface area (Å²) in [5, 5.41) is 7.99. The standard InChI is InChI=1S/C16H19N3O3/c1-9-15(10(2)21-17-9)13-4-3-7-19(13)16(20)12-8-14(22-18-12)11-5-6-11/h8,11,13H,3-7H2,1-2H3/t13-/m1/s1. The van der Waals surface area contributed by atoms with Gasteiger partial charge in [0.05, 0.1) is 11.7 Å². The van der Waals surface area contributed by atoms with Crippen LogP contribution in [-0.2, 0) is 0 Å². The number of aryl methyl sites for hydroxylation is 2. The molecule has 4 rings (SSSR count). The molecule has 2 aromatic rings. The number of carbonyl (C=O) groups excluding carboxylic acids is 1. The molecule has 2 aliphatic rings. The molecule has 1 aliphatic carbocycles. The van der Waals surface area contributed by atoms with Crippen molar-refractivity contribution in [1.29, 1.82) is 0 Å². The molecule has 6 nitrogen and oxygen atoms in total. The van der Waals surface area contributed by atoms with Gasteiger partial charge in [-0.15, -0.1) is 0 Å². The molecule has 0 bridgehead atoms. The number of carbonyl (C=O) groups is 1. The van der Waals surface area contributed by atoms with Crippen LogP contribution in [0.5, 0.6) is 0 Å². The first kappa shape index (κ1) is 13.5. The summed E-state index contributed by atoms with van der Waals surface area (Å²) in [6, 6.07) is 1.84. The molecule has 116 valence electrons. The lowest BCUT2D eigenvalue weighted by Gasteiger charge is -2.23. The Balaban J connectivity index is 1.61.